The van der Waals surface area contributed by atoms with Gasteiger partial charge >= 0.3 is 19.9 Å². The summed E-state index contributed by atoms with van der Waals surface area (Å²) in [6.45, 7) is 9.80. The van der Waals surface area contributed by atoms with Crippen molar-refractivity contribution in [3.8, 4) is 0 Å². The highest BCUT2D eigenvalue weighted by molar-refractivity contribution is 7.48. The molecule has 1 aromatic heterocycles. The van der Waals surface area contributed by atoms with Gasteiger partial charge in [-0.15, -0.1) is 0 Å². The maximum absolute atomic E-state index is 14.1. The molecule has 0 aliphatic heterocycles. The number of fused-ring (bicyclic) bond motifs is 1. The van der Waals surface area contributed by atoms with Crippen LogP contribution in [0.5, 0.6) is 0 Å². The van der Waals surface area contributed by atoms with Gasteiger partial charge in [-0.2, -0.15) is 0 Å². The van der Waals surface area contributed by atoms with Crippen LogP contribution < -0.4 is 10.6 Å². The van der Waals surface area contributed by atoms with Gasteiger partial charge in [0.1, 0.15) is 12.4 Å². The third-order valence-corrected chi connectivity index (χ3v) is 8.34. The topological polar surface area (TPSA) is 128 Å². The number of carbonyl (C=O) groups is 2. The average molecular weight is 665 g/mol. The van der Waals surface area contributed by atoms with E-state index in [9.17, 15) is 22.9 Å². The van der Waals surface area contributed by atoms with Crippen LogP contribution in [0.3, 0.4) is 0 Å². The Morgan fingerprint density at radius 2 is 1.63 bits per heavy atom. The van der Waals surface area contributed by atoms with Crippen LogP contribution in [0.25, 0.3) is 10.8 Å². The summed E-state index contributed by atoms with van der Waals surface area (Å²) in [4.78, 5) is 31.2. The third kappa shape index (κ3) is 11.9. The number of ether oxygens (including phenoxy) is 1. The van der Waals surface area contributed by atoms with Crippen LogP contribution in [0.15, 0.2) is 54.7 Å². The van der Waals surface area contributed by atoms with E-state index in [1.54, 1.807) is 53.8 Å². The fraction of sp³-hybridized carbons (Fsp3) is 0.469. The largest absolute Gasteiger partial charge is 0.475 e. The fourth-order valence-electron chi connectivity index (χ4n) is 4.24. The molecule has 0 bridgehead atoms. The Hall–Kier alpha value is -3.64. The van der Waals surface area contributed by atoms with Gasteiger partial charge in [-0.05, 0) is 71.9 Å². The van der Waals surface area contributed by atoms with Gasteiger partial charge in [0.2, 0.25) is 0 Å². The van der Waals surface area contributed by atoms with Gasteiger partial charge < -0.3 is 15.0 Å². The summed E-state index contributed by atoms with van der Waals surface area (Å²) >= 11 is 0. The number of urea groups is 1. The molecule has 2 aromatic carbocycles. The number of phosphoric acid groups is 1. The lowest BCUT2D eigenvalue weighted by atomic mass is 10.1. The lowest BCUT2D eigenvalue weighted by molar-refractivity contribution is 0.00238. The molecule has 0 radical (unpaired) electrons. The molecule has 0 spiro atoms. The molecule has 14 heteroatoms. The lowest BCUT2D eigenvalue weighted by Crippen LogP contribution is -2.46. The summed E-state index contributed by atoms with van der Waals surface area (Å²) in [6, 6.07) is 11.6. The number of likely N-dealkylation sites (N-methyl/N-ethyl adjacent to an activating group) is 1. The number of hydrogen-bond acceptors (Lipinski definition) is 8. The lowest BCUT2D eigenvalue weighted by Gasteiger charge is -2.31. The average Bonchev–Trinajstić information content (AvgIpc) is 2.95. The smallest absolute Gasteiger partial charge is 0.447 e. The van der Waals surface area contributed by atoms with Crippen molar-refractivity contribution >= 4 is 36.5 Å². The zero-order valence-corrected chi connectivity index (χ0v) is 28.2. The van der Waals surface area contributed by atoms with E-state index >= 15 is 0 Å². The number of pyridine rings is 1. The fourth-order valence-corrected chi connectivity index (χ4v) is 6.07. The number of halogens is 2. The quantitative estimate of drug-likeness (QED) is 0.140. The van der Waals surface area contributed by atoms with E-state index in [-0.39, 0.29) is 44.0 Å². The molecule has 252 valence electrons. The highest BCUT2D eigenvalue weighted by atomic mass is 31.2. The number of amides is 3. The van der Waals surface area contributed by atoms with Gasteiger partial charge in [-0.1, -0.05) is 36.4 Å². The minimum atomic E-state index is -3.97. The monoisotopic (exact) mass is 664 g/mol. The van der Waals surface area contributed by atoms with Gasteiger partial charge in [-0.25, -0.2) is 27.9 Å². The minimum Gasteiger partial charge on any atom is -0.447 e. The number of nitrogens with one attached hydrogen (secondary N) is 2. The number of hydrogen-bond donors (Lipinski definition) is 2. The highest BCUT2D eigenvalue weighted by Crippen LogP contribution is 2.55. The van der Waals surface area contributed by atoms with E-state index in [2.05, 4.69) is 15.6 Å². The van der Waals surface area contributed by atoms with Crippen LogP contribution in [0, 0.1) is 11.6 Å². The number of phosphoric ester groups is 1. The van der Waals surface area contributed by atoms with Crippen molar-refractivity contribution in [2.24, 2.45) is 0 Å². The van der Waals surface area contributed by atoms with Crippen LogP contribution in [0.2, 0.25) is 0 Å². The molecule has 0 unspecified atom stereocenters. The predicted molar refractivity (Wildman–Crippen MR) is 171 cm³/mol. The Labute approximate surface area is 268 Å². The third-order valence-electron chi connectivity index (χ3n) is 6.30. The first-order valence-corrected chi connectivity index (χ1v) is 16.3. The second-order valence-electron chi connectivity index (χ2n) is 12.6. The molecule has 1 heterocycles. The molecular formula is C32H43F2N4O7P. The zero-order chi connectivity index (χ0) is 34.1. The summed E-state index contributed by atoms with van der Waals surface area (Å²) in [5, 5.41) is 6.92. The second-order valence-corrected chi connectivity index (χ2v) is 14.1. The van der Waals surface area contributed by atoms with Crippen molar-refractivity contribution < 1.29 is 41.2 Å². The molecule has 3 rings (SSSR count). The van der Waals surface area contributed by atoms with E-state index in [0.717, 1.165) is 16.8 Å². The number of aromatic nitrogens is 1. The first-order valence-electron chi connectivity index (χ1n) is 14.8. The molecule has 0 fully saturated rings. The number of anilines is 1. The Kier molecular flexibility index (Phi) is 12.6. The van der Waals surface area contributed by atoms with Crippen LogP contribution in [-0.4, -0.2) is 59.5 Å². The Morgan fingerprint density at radius 3 is 2.28 bits per heavy atom. The molecule has 46 heavy (non-hydrogen) atoms. The normalized spacial score (nSPS) is 12.9. The molecule has 1 atom stereocenters. The van der Waals surface area contributed by atoms with Crippen molar-refractivity contribution in [1.82, 2.24) is 15.2 Å². The molecule has 0 aliphatic carbocycles. The van der Waals surface area contributed by atoms with Crippen molar-refractivity contribution in [2.45, 2.75) is 78.2 Å². The van der Waals surface area contributed by atoms with E-state index in [4.69, 9.17) is 18.3 Å². The van der Waals surface area contributed by atoms with Gasteiger partial charge in [0.15, 0.2) is 11.6 Å². The molecule has 3 aromatic rings. The Balaban J connectivity index is 1.66. The maximum atomic E-state index is 14.1. The SMILES string of the molecule is CN(C(=O)NCc1cccc(F)c1F)[C@@H](CCCOP(=O)(OC(C)(C)C)OC(C)(C)C)COC(=O)Nc1cc2ccccc2cn1. The Morgan fingerprint density at radius 1 is 0.978 bits per heavy atom. The highest BCUT2D eigenvalue weighted by Gasteiger charge is 2.37. The van der Waals surface area contributed by atoms with Crippen LogP contribution in [-0.2, 0) is 29.4 Å². The number of nitrogens with zero attached hydrogens (tertiary/aromatic N) is 2. The summed E-state index contributed by atoms with van der Waals surface area (Å²) in [5.74, 6) is -1.80. The van der Waals surface area contributed by atoms with E-state index in [1.165, 1.54) is 24.1 Å². The summed E-state index contributed by atoms with van der Waals surface area (Å²) < 4.78 is 63.5. The number of rotatable bonds is 13. The maximum Gasteiger partial charge on any atom is 0.475 e. The van der Waals surface area contributed by atoms with E-state index in [0.29, 0.717) is 0 Å². The minimum absolute atomic E-state index is 0.0290. The van der Waals surface area contributed by atoms with Crippen LogP contribution in [0.1, 0.15) is 59.9 Å². The molecule has 2 N–H and O–H groups in total. The molecule has 0 saturated carbocycles. The van der Waals surface area contributed by atoms with Gasteiger partial charge in [-0.3, -0.25) is 18.9 Å². The van der Waals surface area contributed by atoms with Gasteiger partial charge in [0.05, 0.1) is 23.9 Å². The van der Waals surface area contributed by atoms with E-state index in [1.807, 2.05) is 24.3 Å². The van der Waals surface area contributed by atoms with Crippen LogP contribution in [0.4, 0.5) is 24.2 Å². The summed E-state index contributed by atoms with van der Waals surface area (Å²) in [6.07, 6.45) is 1.34. The molecule has 11 nitrogen and oxygen atoms in total. The first-order chi connectivity index (χ1) is 21.4. The van der Waals surface area contributed by atoms with Crippen molar-refractivity contribution in [1.29, 1.82) is 0 Å². The summed E-state index contributed by atoms with van der Waals surface area (Å²) in [5.41, 5.74) is -1.66. The van der Waals surface area contributed by atoms with Crippen molar-refractivity contribution in [3.63, 3.8) is 0 Å². The number of carbonyl (C=O) groups excluding carboxylic acids is 2. The molecule has 0 saturated heterocycles. The first kappa shape index (κ1) is 36.8. The van der Waals surface area contributed by atoms with Crippen molar-refractivity contribution in [3.05, 3.63) is 71.9 Å². The standard InChI is InChI=1S/C32H43F2N4O7P/c1-31(2,3)44-46(41,45-32(4,5)6)43-17-11-15-25(38(7)29(39)36-20-24-14-10-16-26(33)28(24)34)21-42-30(40)37-27-18-22-12-8-9-13-23(22)19-35-27/h8-10,12-14,16,18-19,25H,11,15,17,20-21H2,1-7H3,(H,36,39)(H,35,37,40)/t25-/m0/s1. The number of benzene rings is 2. The summed E-state index contributed by atoms with van der Waals surface area (Å²) in [7, 11) is -2.49. The molecule has 0 aliphatic rings. The molecule has 3 amide bonds. The predicted octanol–water partition coefficient (Wildman–Crippen LogP) is 7.81. The zero-order valence-electron chi connectivity index (χ0n) is 27.3. The second kappa shape index (κ2) is 15.8. The van der Waals surface area contributed by atoms with Crippen molar-refractivity contribution in [2.75, 3.05) is 25.6 Å². The Bertz CT molecular complexity index is 1520. The molecular weight excluding hydrogens is 621 g/mol. The van der Waals surface area contributed by atoms with E-state index < -0.39 is 48.8 Å². The van der Waals surface area contributed by atoms with Gasteiger partial charge in [0.25, 0.3) is 0 Å². The van der Waals surface area contributed by atoms with Crippen LogP contribution >= 0.6 is 7.82 Å². The van der Waals surface area contributed by atoms with Gasteiger partial charge in [0, 0.05) is 30.7 Å².